The third-order valence-electron chi connectivity index (χ3n) is 2.10. The fraction of sp³-hybridized carbons (Fsp3) is 0.400. The van der Waals surface area contributed by atoms with Gasteiger partial charge in [0.1, 0.15) is 5.75 Å². The molecule has 0 aromatic heterocycles. The number of aliphatic hydroxyl groups excluding tert-OH is 1. The third-order valence-corrected chi connectivity index (χ3v) is 2.10. The molecular weight excluding hydrogens is 152 g/mol. The van der Waals surface area contributed by atoms with Crippen LogP contribution in [0.25, 0.3) is 0 Å². The van der Waals surface area contributed by atoms with E-state index in [1.54, 1.807) is 6.07 Å². The molecular formula is C10H14O2. The highest BCUT2D eigenvalue weighted by Gasteiger charge is 2.01. The summed E-state index contributed by atoms with van der Waals surface area (Å²) in [5.74, 6) is 0.318. The number of rotatable bonds is 2. The normalized spacial score (nSPS) is 10.2. The maximum Gasteiger partial charge on any atom is 0.119 e. The second-order valence-electron chi connectivity index (χ2n) is 3.03. The highest BCUT2D eigenvalue weighted by molar-refractivity contribution is 5.41. The summed E-state index contributed by atoms with van der Waals surface area (Å²) >= 11 is 0. The fourth-order valence-corrected chi connectivity index (χ4v) is 1.19. The minimum atomic E-state index is 0.127. The summed E-state index contributed by atoms with van der Waals surface area (Å²) in [5.41, 5.74) is 2.97. The van der Waals surface area contributed by atoms with Gasteiger partial charge in [-0.05, 0) is 43.0 Å². The SMILES string of the molecule is Cc1cc(CCO)cc(O)c1C. The molecule has 0 radical (unpaired) electrons. The van der Waals surface area contributed by atoms with Crippen molar-refractivity contribution in [2.45, 2.75) is 20.3 Å². The first-order valence-electron chi connectivity index (χ1n) is 4.05. The minimum Gasteiger partial charge on any atom is -0.508 e. The van der Waals surface area contributed by atoms with Gasteiger partial charge >= 0.3 is 0 Å². The van der Waals surface area contributed by atoms with Crippen molar-refractivity contribution in [2.75, 3.05) is 6.61 Å². The summed E-state index contributed by atoms with van der Waals surface area (Å²) in [6.07, 6.45) is 0.606. The Bertz CT molecular complexity index is 256. The summed E-state index contributed by atoms with van der Waals surface area (Å²) in [7, 11) is 0. The number of phenols is 1. The summed E-state index contributed by atoms with van der Waals surface area (Å²) in [6.45, 7) is 3.96. The van der Waals surface area contributed by atoms with E-state index in [2.05, 4.69) is 0 Å². The first-order valence-corrected chi connectivity index (χ1v) is 4.05. The lowest BCUT2D eigenvalue weighted by atomic mass is 10.0. The van der Waals surface area contributed by atoms with E-state index in [-0.39, 0.29) is 6.61 Å². The zero-order chi connectivity index (χ0) is 9.14. The molecule has 2 N–H and O–H groups in total. The van der Waals surface area contributed by atoms with Crippen LogP contribution < -0.4 is 0 Å². The van der Waals surface area contributed by atoms with Crippen LogP contribution in [0.15, 0.2) is 12.1 Å². The van der Waals surface area contributed by atoms with Crippen molar-refractivity contribution in [1.82, 2.24) is 0 Å². The van der Waals surface area contributed by atoms with Crippen LogP contribution in [0.5, 0.6) is 5.75 Å². The predicted octanol–water partition coefficient (Wildman–Crippen LogP) is 1.54. The Kier molecular flexibility index (Phi) is 2.71. The van der Waals surface area contributed by atoms with Gasteiger partial charge in [-0.1, -0.05) is 6.07 Å². The van der Waals surface area contributed by atoms with Gasteiger partial charge in [0.25, 0.3) is 0 Å². The van der Waals surface area contributed by atoms with E-state index in [9.17, 15) is 5.11 Å². The third kappa shape index (κ3) is 1.77. The highest BCUT2D eigenvalue weighted by Crippen LogP contribution is 2.21. The zero-order valence-corrected chi connectivity index (χ0v) is 7.46. The van der Waals surface area contributed by atoms with Gasteiger partial charge in [0.05, 0.1) is 0 Å². The largest absolute Gasteiger partial charge is 0.508 e. The van der Waals surface area contributed by atoms with Crippen molar-refractivity contribution < 1.29 is 10.2 Å². The van der Waals surface area contributed by atoms with E-state index in [1.165, 1.54) is 0 Å². The van der Waals surface area contributed by atoms with Crippen LogP contribution in [0.1, 0.15) is 16.7 Å². The molecule has 0 fully saturated rings. The number of aliphatic hydroxyl groups is 1. The lowest BCUT2D eigenvalue weighted by Gasteiger charge is -2.06. The maximum atomic E-state index is 9.43. The molecule has 1 aromatic carbocycles. The van der Waals surface area contributed by atoms with Gasteiger partial charge in [-0.2, -0.15) is 0 Å². The number of hydrogen-bond donors (Lipinski definition) is 2. The van der Waals surface area contributed by atoms with E-state index < -0.39 is 0 Å². The average molecular weight is 166 g/mol. The highest BCUT2D eigenvalue weighted by atomic mass is 16.3. The molecule has 0 atom stereocenters. The molecule has 2 heteroatoms. The quantitative estimate of drug-likeness (QED) is 0.699. The molecule has 0 saturated carbocycles. The van der Waals surface area contributed by atoms with Crippen LogP contribution in [0.4, 0.5) is 0 Å². The Morgan fingerprint density at radius 1 is 1.25 bits per heavy atom. The van der Waals surface area contributed by atoms with Crippen molar-refractivity contribution >= 4 is 0 Å². The van der Waals surface area contributed by atoms with Crippen LogP contribution >= 0.6 is 0 Å². The molecule has 0 heterocycles. The van der Waals surface area contributed by atoms with E-state index >= 15 is 0 Å². The molecule has 0 aliphatic carbocycles. The van der Waals surface area contributed by atoms with Gasteiger partial charge < -0.3 is 10.2 Å². The molecule has 1 rings (SSSR count). The Morgan fingerprint density at radius 2 is 1.92 bits per heavy atom. The van der Waals surface area contributed by atoms with Gasteiger partial charge in [0.2, 0.25) is 0 Å². The summed E-state index contributed by atoms with van der Waals surface area (Å²) < 4.78 is 0. The number of aryl methyl sites for hydroxylation is 1. The lowest BCUT2D eigenvalue weighted by molar-refractivity contribution is 0.299. The van der Waals surface area contributed by atoms with Crippen molar-refractivity contribution in [2.24, 2.45) is 0 Å². The van der Waals surface area contributed by atoms with E-state index in [1.807, 2.05) is 19.9 Å². The van der Waals surface area contributed by atoms with Crippen molar-refractivity contribution in [1.29, 1.82) is 0 Å². The van der Waals surface area contributed by atoms with Crippen LogP contribution in [0.3, 0.4) is 0 Å². The van der Waals surface area contributed by atoms with E-state index in [4.69, 9.17) is 5.11 Å². The van der Waals surface area contributed by atoms with Gasteiger partial charge in [0.15, 0.2) is 0 Å². The molecule has 0 aliphatic rings. The Labute approximate surface area is 72.5 Å². The number of benzene rings is 1. The molecule has 0 aliphatic heterocycles. The Morgan fingerprint density at radius 3 is 2.42 bits per heavy atom. The van der Waals surface area contributed by atoms with E-state index in [0.717, 1.165) is 16.7 Å². The Hall–Kier alpha value is -1.02. The van der Waals surface area contributed by atoms with Crippen LogP contribution in [-0.2, 0) is 6.42 Å². The number of hydrogen-bond acceptors (Lipinski definition) is 2. The molecule has 0 saturated heterocycles. The van der Waals surface area contributed by atoms with Crippen LogP contribution in [-0.4, -0.2) is 16.8 Å². The van der Waals surface area contributed by atoms with Crippen molar-refractivity contribution in [3.8, 4) is 5.75 Å². The summed E-state index contributed by atoms with van der Waals surface area (Å²) in [5, 5.41) is 18.1. The second-order valence-corrected chi connectivity index (χ2v) is 3.03. The molecule has 0 spiro atoms. The topological polar surface area (TPSA) is 40.5 Å². The number of phenolic OH excluding ortho intramolecular Hbond substituents is 1. The minimum absolute atomic E-state index is 0.127. The van der Waals surface area contributed by atoms with Crippen molar-refractivity contribution in [3.05, 3.63) is 28.8 Å². The van der Waals surface area contributed by atoms with Gasteiger partial charge in [0, 0.05) is 6.61 Å². The predicted molar refractivity (Wildman–Crippen MR) is 48.4 cm³/mol. The smallest absolute Gasteiger partial charge is 0.119 e. The van der Waals surface area contributed by atoms with Crippen LogP contribution in [0.2, 0.25) is 0 Å². The molecule has 66 valence electrons. The molecule has 1 aromatic rings. The Balaban J connectivity index is 3.04. The molecule has 0 amide bonds. The monoisotopic (exact) mass is 166 g/mol. The van der Waals surface area contributed by atoms with Gasteiger partial charge in [-0.3, -0.25) is 0 Å². The number of aromatic hydroxyl groups is 1. The summed E-state index contributed by atoms with van der Waals surface area (Å²) in [4.78, 5) is 0. The van der Waals surface area contributed by atoms with Crippen LogP contribution in [0, 0.1) is 13.8 Å². The standard InChI is InChI=1S/C10H14O2/c1-7-5-9(3-4-11)6-10(12)8(7)2/h5-6,11-12H,3-4H2,1-2H3. The average Bonchev–Trinajstić information content (AvgIpc) is 2.01. The molecule has 12 heavy (non-hydrogen) atoms. The zero-order valence-electron chi connectivity index (χ0n) is 7.46. The van der Waals surface area contributed by atoms with Gasteiger partial charge in [-0.15, -0.1) is 0 Å². The molecule has 0 bridgehead atoms. The van der Waals surface area contributed by atoms with E-state index in [0.29, 0.717) is 12.2 Å². The molecule has 2 nitrogen and oxygen atoms in total. The maximum absolute atomic E-state index is 9.43. The van der Waals surface area contributed by atoms with Gasteiger partial charge in [-0.25, -0.2) is 0 Å². The lowest BCUT2D eigenvalue weighted by Crippen LogP contribution is -1.92. The first kappa shape index (κ1) is 9.07. The second kappa shape index (κ2) is 3.59. The van der Waals surface area contributed by atoms with Crippen molar-refractivity contribution in [3.63, 3.8) is 0 Å². The molecule has 0 unspecified atom stereocenters. The summed E-state index contributed by atoms with van der Waals surface area (Å²) in [6, 6.07) is 3.70. The first-order chi connectivity index (χ1) is 5.65. The fourth-order valence-electron chi connectivity index (χ4n) is 1.19.